The van der Waals surface area contributed by atoms with E-state index >= 15 is 0 Å². The van der Waals surface area contributed by atoms with Crippen molar-refractivity contribution in [3.05, 3.63) is 34.8 Å². The van der Waals surface area contributed by atoms with E-state index in [9.17, 15) is 9.59 Å². The number of thiazole rings is 1. The van der Waals surface area contributed by atoms with Crippen molar-refractivity contribution in [2.75, 3.05) is 11.9 Å². The largest absolute Gasteiger partial charge is 0.455 e. The molecule has 1 heterocycles. The van der Waals surface area contributed by atoms with Crippen molar-refractivity contribution in [2.45, 2.75) is 19.3 Å². The van der Waals surface area contributed by atoms with E-state index in [4.69, 9.17) is 4.74 Å². The molecule has 1 aliphatic rings. The van der Waals surface area contributed by atoms with Gasteiger partial charge in [0.25, 0.3) is 5.91 Å². The quantitative estimate of drug-likeness (QED) is 0.630. The van der Waals surface area contributed by atoms with Gasteiger partial charge in [0.15, 0.2) is 11.7 Å². The number of anilines is 1. The van der Waals surface area contributed by atoms with Crippen molar-refractivity contribution in [1.82, 2.24) is 4.98 Å². The molecule has 0 saturated heterocycles. The SMILES string of the molecule is O=C(COC(=O)[C@H]1CC=CCC1)Nc1nc2ccc(Br)cc2s1. The van der Waals surface area contributed by atoms with Gasteiger partial charge >= 0.3 is 5.97 Å². The molecule has 120 valence electrons. The van der Waals surface area contributed by atoms with Crippen LogP contribution in [0.3, 0.4) is 0 Å². The molecule has 0 aliphatic heterocycles. The van der Waals surface area contributed by atoms with Crippen LogP contribution in [0.2, 0.25) is 0 Å². The molecule has 0 bridgehead atoms. The first-order valence-electron chi connectivity index (χ1n) is 7.29. The van der Waals surface area contributed by atoms with Crippen LogP contribution in [-0.4, -0.2) is 23.5 Å². The Kier molecular flexibility index (Phi) is 5.07. The van der Waals surface area contributed by atoms with E-state index in [-0.39, 0.29) is 24.4 Å². The number of amides is 1. The van der Waals surface area contributed by atoms with Gasteiger partial charge in [-0.1, -0.05) is 39.4 Å². The van der Waals surface area contributed by atoms with Gasteiger partial charge in [-0.25, -0.2) is 4.98 Å². The van der Waals surface area contributed by atoms with Gasteiger partial charge in [-0.2, -0.15) is 0 Å². The first-order valence-corrected chi connectivity index (χ1v) is 8.90. The van der Waals surface area contributed by atoms with E-state index in [0.29, 0.717) is 11.6 Å². The number of aromatic nitrogens is 1. The normalized spacial score (nSPS) is 17.2. The van der Waals surface area contributed by atoms with Crippen molar-refractivity contribution >= 4 is 54.5 Å². The summed E-state index contributed by atoms with van der Waals surface area (Å²) in [6.07, 6.45) is 6.39. The van der Waals surface area contributed by atoms with Crippen LogP contribution in [0.5, 0.6) is 0 Å². The first-order chi connectivity index (χ1) is 11.1. The molecule has 7 heteroatoms. The summed E-state index contributed by atoms with van der Waals surface area (Å²) in [6.45, 7) is -0.279. The minimum atomic E-state index is -0.372. The Morgan fingerprint density at radius 2 is 2.26 bits per heavy atom. The summed E-state index contributed by atoms with van der Waals surface area (Å²) in [4.78, 5) is 28.1. The fourth-order valence-electron chi connectivity index (χ4n) is 2.37. The first kappa shape index (κ1) is 16.1. The van der Waals surface area contributed by atoms with Gasteiger partial charge < -0.3 is 4.74 Å². The highest BCUT2D eigenvalue weighted by Gasteiger charge is 2.21. The molecular weight excluding hydrogens is 380 g/mol. The molecule has 5 nitrogen and oxygen atoms in total. The number of carbonyl (C=O) groups excluding carboxylic acids is 2. The summed E-state index contributed by atoms with van der Waals surface area (Å²) in [6, 6.07) is 5.72. The van der Waals surface area contributed by atoms with E-state index in [2.05, 4.69) is 32.3 Å². The van der Waals surface area contributed by atoms with Crippen molar-refractivity contribution < 1.29 is 14.3 Å². The summed E-state index contributed by atoms with van der Waals surface area (Å²) in [5.41, 5.74) is 0.819. The molecule has 1 aliphatic carbocycles. The van der Waals surface area contributed by atoms with Crippen LogP contribution in [0.4, 0.5) is 5.13 Å². The molecule has 0 spiro atoms. The number of esters is 1. The highest BCUT2D eigenvalue weighted by Crippen LogP contribution is 2.28. The zero-order valence-electron chi connectivity index (χ0n) is 12.3. The molecule has 2 aromatic rings. The highest BCUT2D eigenvalue weighted by molar-refractivity contribution is 9.10. The van der Waals surface area contributed by atoms with Gasteiger partial charge in [-0.3, -0.25) is 14.9 Å². The van der Waals surface area contributed by atoms with Gasteiger partial charge in [0.2, 0.25) is 0 Å². The van der Waals surface area contributed by atoms with Gasteiger partial charge in [0.1, 0.15) is 0 Å². The van der Waals surface area contributed by atoms with Crippen molar-refractivity contribution in [3.8, 4) is 0 Å². The summed E-state index contributed by atoms with van der Waals surface area (Å²) < 4.78 is 7.03. The molecule has 1 aromatic heterocycles. The number of carbonyl (C=O) groups is 2. The Hall–Kier alpha value is -1.73. The predicted octanol–water partition coefficient (Wildman–Crippen LogP) is 3.90. The lowest BCUT2D eigenvalue weighted by molar-refractivity contribution is -0.151. The monoisotopic (exact) mass is 394 g/mol. The maximum absolute atomic E-state index is 11.9. The smallest absolute Gasteiger partial charge is 0.309 e. The lowest BCUT2D eigenvalue weighted by atomic mass is 9.95. The minimum Gasteiger partial charge on any atom is -0.455 e. The molecule has 3 rings (SSSR count). The Morgan fingerprint density at radius 1 is 1.39 bits per heavy atom. The second-order valence-corrected chi connectivity index (χ2v) is 7.21. The standard InChI is InChI=1S/C16H15BrN2O3S/c17-11-6-7-12-13(8-11)23-16(18-12)19-14(20)9-22-15(21)10-4-2-1-3-5-10/h1-2,6-8,10H,3-5,9H2,(H,18,19,20)/t10-/m0/s1. The fraction of sp³-hybridized carbons (Fsp3) is 0.312. The lowest BCUT2D eigenvalue weighted by Gasteiger charge is -2.15. The number of benzene rings is 1. The lowest BCUT2D eigenvalue weighted by Crippen LogP contribution is -2.25. The summed E-state index contributed by atoms with van der Waals surface area (Å²) in [5, 5.41) is 3.17. The van der Waals surface area contributed by atoms with E-state index in [1.54, 1.807) is 0 Å². The zero-order valence-corrected chi connectivity index (χ0v) is 14.7. The second kappa shape index (κ2) is 7.23. The maximum Gasteiger partial charge on any atom is 0.309 e. The molecule has 0 radical (unpaired) electrons. The van der Waals surface area contributed by atoms with Gasteiger partial charge in [0, 0.05) is 4.47 Å². The van der Waals surface area contributed by atoms with Crippen LogP contribution in [0.15, 0.2) is 34.8 Å². The number of nitrogens with one attached hydrogen (secondary N) is 1. The van der Waals surface area contributed by atoms with Gasteiger partial charge in [-0.15, -0.1) is 0 Å². The fourth-order valence-corrected chi connectivity index (χ4v) is 3.80. The molecule has 0 fully saturated rings. The number of nitrogens with zero attached hydrogens (tertiary/aromatic N) is 1. The maximum atomic E-state index is 11.9. The van der Waals surface area contributed by atoms with Crippen LogP contribution in [0.25, 0.3) is 10.2 Å². The number of rotatable bonds is 4. The predicted molar refractivity (Wildman–Crippen MR) is 93.4 cm³/mol. The van der Waals surface area contributed by atoms with Crippen LogP contribution in [-0.2, 0) is 14.3 Å². The third-order valence-corrected chi connectivity index (χ3v) is 4.97. The molecule has 0 saturated carbocycles. The topological polar surface area (TPSA) is 68.3 Å². The van der Waals surface area contributed by atoms with Crippen molar-refractivity contribution in [1.29, 1.82) is 0 Å². The molecular formula is C16H15BrN2O3S. The Labute approximate surface area is 145 Å². The van der Waals surface area contributed by atoms with E-state index in [1.165, 1.54) is 11.3 Å². The van der Waals surface area contributed by atoms with E-state index in [0.717, 1.165) is 27.5 Å². The van der Waals surface area contributed by atoms with Crippen molar-refractivity contribution in [3.63, 3.8) is 0 Å². The molecule has 1 atom stereocenters. The minimum absolute atomic E-state index is 0.132. The highest BCUT2D eigenvalue weighted by atomic mass is 79.9. The number of allylic oxidation sites excluding steroid dienone is 2. The van der Waals surface area contributed by atoms with Crippen LogP contribution in [0, 0.1) is 5.92 Å². The van der Waals surface area contributed by atoms with E-state index < -0.39 is 0 Å². The average Bonchev–Trinajstić information content (AvgIpc) is 2.94. The molecule has 1 amide bonds. The number of halogens is 1. The number of hydrogen-bond donors (Lipinski definition) is 1. The number of fused-ring (bicyclic) bond motifs is 1. The summed E-state index contributed by atoms with van der Waals surface area (Å²) >= 11 is 4.78. The third-order valence-electron chi connectivity index (χ3n) is 3.54. The van der Waals surface area contributed by atoms with Crippen LogP contribution in [0.1, 0.15) is 19.3 Å². The Bertz CT molecular complexity index is 772. The average molecular weight is 395 g/mol. The summed E-state index contributed by atoms with van der Waals surface area (Å²) in [5.74, 6) is -0.812. The molecule has 1 N–H and O–H groups in total. The Balaban J connectivity index is 1.53. The summed E-state index contributed by atoms with van der Waals surface area (Å²) in [7, 11) is 0. The van der Waals surface area contributed by atoms with Crippen LogP contribution < -0.4 is 5.32 Å². The number of hydrogen-bond acceptors (Lipinski definition) is 5. The van der Waals surface area contributed by atoms with Crippen LogP contribution >= 0.6 is 27.3 Å². The van der Waals surface area contributed by atoms with Gasteiger partial charge in [0.05, 0.1) is 16.1 Å². The molecule has 23 heavy (non-hydrogen) atoms. The van der Waals surface area contributed by atoms with Gasteiger partial charge in [-0.05, 0) is 37.5 Å². The molecule has 1 aromatic carbocycles. The number of ether oxygens (including phenoxy) is 1. The second-order valence-electron chi connectivity index (χ2n) is 5.27. The third kappa shape index (κ3) is 4.17. The molecule has 0 unspecified atom stereocenters. The van der Waals surface area contributed by atoms with E-state index in [1.807, 2.05) is 24.3 Å². The Morgan fingerprint density at radius 3 is 3.04 bits per heavy atom. The van der Waals surface area contributed by atoms with Crippen molar-refractivity contribution in [2.24, 2.45) is 5.92 Å². The zero-order chi connectivity index (χ0) is 16.2.